The molecule has 2 aromatic rings. The molecule has 2 aromatic carbocycles. The second-order valence-electron chi connectivity index (χ2n) is 5.55. The van der Waals surface area contributed by atoms with Gasteiger partial charge in [-0.05, 0) is 36.6 Å². The number of carbonyl (C=O) groups excluding carboxylic acids is 2. The van der Waals surface area contributed by atoms with E-state index in [0.29, 0.717) is 12.1 Å². The van der Waals surface area contributed by atoms with Gasteiger partial charge in [0, 0.05) is 0 Å². The van der Waals surface area contributed by atoms with E-state index in [0.717, 1.165) is 16.0 Å². The van der Waals surface area contributed by atoms with E-state index in [4.69, 9.17) is 0 Å². The lowest BCUT2D eigenvalue weighted by Gasteiger charge is -2.20. The van der Waals surface area contributed by atoms with Crippen LogP contribution in [0.1, 0.15) is 42.2 Å². The Labute approximate surface area is 138 Å². The number of rotatable bonds is 4. The Hall–Kier alpha value is -3.21. The van der Waals surface area contributed by atoms with Crippen LogP contribution in [0, 0.1) is 6.92 Å². The molecule has 0 saturated heterocycles. The maximum Gasteiger partial charge on any atom is 0.336 e. The number of aromatic carboxylic acids is 1. The molecular weight excluding hydrogens is 306 g/mol. The number of carboxylic acids is 1. The van der Waals surface area contributed by atoms with Crippen LogP contribution in [-0.2, 0) is 6.42 Å². The third kappa shape index (κ3) is 2.22. The average molecular weight is 321 g/mol. The highest BCUT2D eigenvalue weighted by atomic mass is 16.4. The Morgan fingerprint density at radius 1 is 1.17 bits per heavy atom. The van der Waals surface area contributed by atoms with Crippen LogP contribution in [0.2, 0.25) is 0 Å². The summed E-state index contributed by atoms with van der Waals surface area (Å²) >= 11 is 0. The molecule has 0 unspecified atom stereocenters. The van der Waals surface area contributed by atoms with Crippen molar-refractivity contribution in [1.29, 1.82) is 0 Å². The number of nitrogens with zero attached hydrogens (tertiary/aromatic N) is 1. The molecule has 0 aliphatic carbocycles. The van der Waals surface area contributed by atoms with Crippen LogP contribution in [0.4, 0.5) is 5.69 Å². The van der Waals surface area contributed by atoms with Crippen LogP contribution in [0.25, 0.3) is 0 Å². The Kier molecular flexibility index (Phi) is 3.77. The van der Waals surface area contributed by atoms with Crippen molar-refractivity contribution in [2.75, 3.05) is 4.90 Å². The van der Waals surface area contributed by atoms with Crippen molar-refractivity contribution in [3.05, 3.63) is 76.9 Å². The third-order valence-corrected chi connectivity index (χ3v) is 4.05. The number of benzene rings is 2. The van der Waals surface area contributed by atoms with Crippen molar-refractivity contribution in [1.82, 2.24) is 0 Å². The number of para-hydroxylation sites is 1. The van der Waals surface area contributed by atoms with Gasteiger partial charge in [-0.15, -0.1) is 6.58 Å². The summed E-state index contributed by atoms with van der Waals surface area (Å²) in [5.74, 6) is -2.34. The first-order chi connectivity index (χ1) is 11.5. The number of aryl methyl sites for hydroxylation is 1. The fourth-order valence-electron chi connectivity index (χ4n) is 3.03. The SMILES string of the molecule is C=CCc1cccc(C)c1N1C(=O)c2cccc(C(=O)O)c2C1=O. The van der Waals surface area contributed by atoms with Crippen molar-refractivity contribution < 1.29 is 19.5 Å². The number of hydrogen-bond donors (Lipinski definition) is 1. The van der Waals surface area contributed by atoms with Gasteiger partial charge in [-0.25, -0.2) is 9.69 Å². The van der Waals surface area contributed by atoms with E-state index < -0.39 is 17.8 Å². The van der Waals surface area contributed by atoms with Crippen LogP contribution in [-0.4, -0.2) is 22.9 Å². The molecule has 0 saturated carbocycles. The topological polar surface area (TPSA) is 74.7 Å². The molecule has 0 aromatic heterocycles. The van der Waals surface area contributed by atoms with Crippen molar-refractivity contribution in [3.8, 4) is 0 Å². The summed E-state index contributed by atoms with van der Waals surface area (Å²) in [6.45, 7) is 5.51. The number of amides is 2. The number of allylic oxidation sites excluding steroid dienone is 1. The number of anilines is 1. The fraction of sp³-hybridized carbons (Fsp3) is 0.105. The number of fused-ring (bicyclic) bond motifs is 1. The highest BCUT2D eigenvalue weighted by Crippen LogP contribution is 2.35. The molecule has 3 rings (SSSR count). The van der Waals surface area contributed by atoms with E-state index >= 15 is 0 Å². The molecule has 5 heteroatoms. The van der Waals surface area contributed by atoms with Crippen molar-refractivity contribution in [2.45, 2.75) is 13.3 Å². The van der Waals surface area contributed by atoms with Gasteiger partial charge < -0.3 is 5.11 Å². The molecule has 0 radical (unpaired) electrons. The van der Waals surface area contributed by atoms with E-state index in [1.807, 2.05) is 25.1 Å². The Bertz CT molecular complexity index is 898. The Balaban J connectivity index is 2.22. The van der Waals surface area contributed by atoms with Gasteiger partial charge in [0.25, 0.3) is 11.8 Å². The molecule has 1 aliphatic heterocycles. The largest absolute Gasteiger partial charge is 0.478 e. The summed E-state index contributed by atoms with van der Waals surface area (Å²) in [5.41, 5.74) is 1.96. The zero-order chi connectivity index (χ0) is 17.4. The van der Waals surface area contributed by atoms with E-state index in [1.54, 1.807) is 6.08 Å². The maximum atomic E-state index is 12.9. The van der Waals surface area contributed by atoms with Gasteiger partial charge in [0.2, 0.25) is 0 Å². The molecule has 5 nitrogen and oxygen atoms in total. The third-order valence-electron chi connectivity index (χ3n) is 4.05. The molecule has 120 valence electrons. The van der Waals surface area contributed by atoms with Gasteiger partial charge >= 0.3 is 5.97 Å². The molecule has 1 heterocycles. The standard InChI is InChI=1S/C19H15NO4/c1-3-6-12-8-4-7-11(2)16(12)20-17(21)13-9-5-10-14(19(23)24)15(13)18(20)22/h3-5,7-10H,1,6H2,2H3,(H,23,24). The van der Waals surface area contributed by atoms with Crippen LogP contribution >= 0.6 is 0 Å². The fourth-order valence-corrected chi connectivity index (χ4v) is 3.03. The predicted molar refractivity (Wildman–Crippen MR) is 89.6 cm³/mol. The smallest absolute Gasteiger partial charge is 0.336 e. The molecule has 0 fully saturated rings. The monoisotopic (exact) mass is 321 g/mol. The molecule has 24 heavy (non-hydrogen) atoms. The molecule has 1 aliphatic rings. The first-order valence-corrected chi connectivity index (χ1v) is 7.41. The summed E-state index contributed by atoms with van der Waals surface area (Å²) in [6.07, 6.45) is 2.19. The Morgan fingerprint density at radius 3 is 2.54 bits per heavy atom. The minimum atomic E-state index is -1.23. The van der Waals surface area contributed by atoms with Gasteiger partial charge in [0.1, 0.15) is 0 Å². The summed E-state index contributed by atoms with van der Waals surface area (Å²) in [4.78, 5) is 38.1. The molecule has 1 N–H and O–H groups in total. The maximum absolute atomic E-state index is 12.9. The van der Waals surface area contributed by atoms with Crippen molar-refractivity contribution in [2.24, 2.45) is 0 Å². The van der Waals surface area contributed by atoms with Crippen molar-refractivity contribution in [3.63, 3.8) is 0 Å². The normalized spacial score (nSPS) is 13.1. The van der Waals surface area contributed by atoms with Crippen molar-refractivity contribution >= 4 is 23.5 Å². The lowest BCUT2D eigenvalue weighted by Crippen LogP contribution is -2.31. The molecule has 0 spiro atoms. The predicted octanol–water partition coefficient (Wildman–Crippen LogP) is 3.22. The van der Waals surface area contributed by atoms with Crippen LogP contribution in [0.15, 0.2) is 49.1 Å². The minimum Gasteiger partial charge on any atom is -0.478 e. The lowest BCUT2D eigenvalue weighted by molar-refractivity contribution is 0.0692. The highest BCUT2D eigenvalue weighted by molar-refractivity contribution is 6.36. The van der Waals surface area contributed by atoms with E-state index in [9.17, 15) is 19.5 Å². The van der Waals surface area contributed by atoms with Gasteiger partial charge in [-0.3, -0.25) is 9.59 Å². The summed E-state index contributed by atoms with van der Waals surface area (Å²) in [5, 5.41) is 9.31. The van der Waals surface area contributed by atoms with Gasteiger partial charge in [0.05, 0.1) is 22.4 Å². The van der Waals surface area contributed by atoms with Crippen LogP contribution in [0.3, 0.4) is 0 Å². The van der Waals surface area contributed by atoms with Crippen LogP contribution < -0.4 is 4.90 Å². The summed E-state index contributed by atoms with van der Waals surface area (Å²) in [7, 11) is 0. The van der Waals surface area contributed by atoms with E-state index in [1.165, 1.54) is 18.2 Å². The Morgan fingerprint density at radius 2 is 1.88 bits per heavy atom. The molecular formula is C19H15NO4. The zero-order valence-electron chi connectivity index (χ0n) is 13.1. The number of carboxylic acid groups (broad SMARTS) is 1. The minimum absolute atomic E-state index is 0.0530. The lowest BCUT2D eigenvalue weighted by atomic mass is 10.0. The van der Waals surface area contributed by atoms with Gasteiger partial charge in [-0.1, -0.05) is 30.3 Å². The first kappa shape index (κ1) is 15.7. The van der Waals surface area contributed by atoms with E-state index in [2.05, 4.69) is 6.58 Å². The van der Waals surface area contributed by atoms with E-state index in [-0.39, 0.29) is 16.7 Å². The van der Waals surface area contributed by atoms with Gasteiger partial charge in [-0.2, -0.15) is 0 Å². The number of hydrogen-bond acceptors (Lipinski definition) is 3. The molecule has 2 amide bonds. The highest BCUT2D eigenvalue weighted by Gasteiger charge is 2.40. The molecule has 0 bridgehead atoms. The molecule has 0 atom stereocenters. The number of imide groups is 1. The summed E-state index contributed by atoms with van der Waals surface area (Å²) < 4.78 is 0. The van der Waals surface area contributed by atoms with Gasteiger partial charge in [0.15, 0.2) is 0 Å². The second kappa shape index (κ2) is 5.77. The second-order valence-corrected chi connectivity index (χ2v) is 5.55. The zero-order valence-corrected chi connectivity index (χ0v) is 13.1. The summed E-state index contributed by atoms with van der Waals surface area (Å²) in [6, 6.07) is 9.76. The number of carbonyl (C=O) groups is 3. The quantitative estimate of drug-likeness (QED) is 0.693. The van der Waals surface area contributed by atoms with Crippen LogP contribution in [0.5, 0.6) is 0 Å². The first-order valence-electron chi connectivity index (χ1n) is 7.41. The average Bonchev–Trinajstić information content (AvgIpc) is 2.80.